The van der Waals surface area contributed by atoms with Gasteiger partial charge in [-0.3, -0.25) is 4.79 Å². The standard InChI is InChI=1S/C22H22F3NO5S/c23-22(24,25)15-1-5-17(6-2-15)31-18-7-9-19(10-8-18)32(29,30)21(20(27)28)11-13-26(14-12-21)16-3-4-16/h1-2,5-10,16H,3-4,11-14H2,(H,27,28). The van der Waals surface area contributed by atoms with Crippen LogP contribution < -0.4 is 4.74 Å². The molecule has 172 valence electrons. The lowest BCUT2D eigenvalue weighted by atomic mass is 9.95. The lowest BCUT2D eigenvalue weighted by Crippen LogP contribution is -2.54. The first-order chi connectivity index (χ1) is 15.0. The Morgan fingerprint density at radius 1 is 0.969 bits per heavy atom. The number of carbonyl (C=O) groups is 1. The molecule has 1 heterocycles. The maximum atomic E-state index is 13.3. The molecular weight excluding hydrogens is 447 g/mol. The monoisotopic (exact) mass is 469 g/mol. The second-order valence-electron chi connectivity index (χ2n) is 8.17. The van der Waals surface area contributed by atoms with E-state index in [1.165, 1.54) is 36.4 Å². The van der Waals surface area contributed by atoms with Crippen LogP contribution in [0.4, 0.5) is 13.2 Å². The molecule has 2 aromatic carbocycles. The summed E-state index contributed by atoms with van der Waals surface area (Å²) < 4.78 is 68.2. The number of sulfone groups is 1. The third kappa shape index (κ3) is 4.21. The van der Waals surface area contributed by atoms with E-state index in [0.717, 1.165) is 25.0 Å². The second-order valence-corrected chi connectivity index (χ2v) is 10.4. The van der Waals surface area contributed by atoms with Gasteiger partial charge in [0.15, 0.2) is 14.6 Å². The van der Waals surface area contributed by atoms with E-state index in [4.69, 9.17) is 4.74 Å². The molecule has 0 atom stereocenters. The van der Waals surface area contributed by atoms with Crippen LogP contribution in [0, 0.1) is 0 Å². The number of nitrogens with zero attached hydrogens (tertiary/aromatic N) is 1. The number of benzene rings is 2. The summed E-state index contributed by atoms with van der Waals surface area (Å²) in [4.78, 5) is 14.1. The topological polar surface area (TPSA) is 83.9 Å². The van der Waals surface area contributed by atoms with Crippen LogP contribution in [0.1, 0.15) is 31.2 Å². The van der Waals surface area contributed by atoms with Gasteiger partial charge >= 0.3 is 12.1 Å². The van der Waals surface area contributed by atoms with Crippen LogP contribution in [-0.2, 0) is 20.8 Å². The lowest BCUT2D eigenvalue weighted by molar-refractivity contribution is -0.141. The summed E-state index contributed by atoms with van der Waals surface area (Å²) in [6, 6.07) is 9.81. The Balaban J connectivity index is 1.51. The minimum absolute atomic E-state index is 0.0188. The number of carboxylic acid groups (broad SMARTS) is 1. The smallest absolute Gasteiger partial charge is 0.416 e. The van der Waals surface area contributed by atoms with Gasteiger partial charge in [-0.2, -0.15) is 13.2 Å². The molecule has 1 saturated heterocycles. The number of likely N-dealkylation sites (tertiary alicyclic amines) is 1. The Morgan fingerprint density at radius 3 is 1.91 bits per heavy atom. The summed E-state index contributed by atoms with van der Waals surface area (Å²) in [6.07, 6.45) is -2.29. The molecule has 32 heavy (non-hydrogen) atoms. The Morgan fingerprint density at radius 2 is 1.47 bits per heavy atom. The van der Waals surface area contributed by atoms with Crippen molar-refractivity contribution in [2.75, 3.05) is 13.1 Å². The van der Waals surface area contributed by atoms with E-state index in [0.29, 0.717) is 19.1 Å². The van der Waals surface area contributed by atoms with Gasteiger partial charge in [0.25, 0.3) is 0 Å². The summed E-state index contributed by atoms with van der Waals surface area (Å²) in [6.45, 7) is 0.844. The minimum Gasteiger partial charge on any atom is -0.480 e. The van der Waals surface area contributed by atoms with Crippen LogP contribution in [0.25, 0.3) is 0 Å². The Kier molecular flexibility index (Phi) is 5.70. The van der Waals surface area contributed by atoms with E-state index in [2.05, 4.69) is 4.90 Å². The highest BCUT2D eigenvalue weighted by Gasteiger charge is 2.54. The van der Waals surface area contributed by atoms with Crippen molar-refractivity contribution in [2.45, 2.75) is 47.5 Å². The van der Waals surface area contributed by atoms with Gasteiger partial charge in [-0.25, -0.2) is 8.42 Å². The molecule has 0 bridgehead atoms. The first-order valence-corrected chi connectivity index (χ1v) is 11.7. The molecule has 4 rings (SSSR count). The normalized spacial score (nSPS) is 19.5. The Labute approximate surface area is 183 Å². The molecule has 0 radical (unpaired) electrons. The maximum absolute atomic E-state index is 13.3. The quantitative estimate of drug-likeness (QED) is 0.677. The molecule has 1 aliphatic heterocycles. The van der Waals surface area contributed by atoms with Crippen LogP contribution >= 0.6 is 0 Å². The lowest BCUT2D eigenvalue weighted by Gasteiger charge is -2.38. The van der Waals surface area contributed by atoms with Gasteiger partial charge in [0.05, 0.1) is 10.5 Å². The predicted octanol–water partition coefficient (Wildman–Crippen LogP) is 4.35. The average molecular weight is 469 g/mol. The highest BCUT2D eigenvalue weighted by atomic mass is 32.2. The number of halogens is 3. The van der Waals surface area contributed by atoms with Crippen LogP contribution in [0.15, 0.2) is 53.4 Å². The highest BCUT2D eigenvalue weighted by molar-refractivity contribution is 7.93. The minimum atomic E-state index is -4.45. The third-order valence-corrected chi connectivity index (χ3v) is 8.63. The van der Waals surface area contributed by atoms with Crippen LogP contribution in [0.3, 0.4) is 0 Å². The molecular formula is C22H22F3NO5S. The molecule has 1 N–H and O–H groups in total. The maximum Gasteiger partial charge on any atom is 0.416 e. The number of rotatable bonds is 6. The fourth-order valence-electron chi connectivity index (χ4n) is 4.05. The van der Waals surface area contributed by atoms with Crippen molar-refractivity contribution in [3.05, 3.63) is 54.1 Å². The van der Waals surface area contributed by atoms with Gasteiger partial charge in [0.1, 0.15) is 11.5 Å². The van der Waals surface area contributed by atoms with Gasteiger partial charge in [-0.05, 0) is 74.2 Å². The molecule has 2 fully saturated rings. The number of hydrogen-bond donors (Lipinski definition) is 1. The fourth-order valence-corrected chi connectivity index (χ4v) is 5.94. The fraction of sp³-hybridized carbons (Fsp3) is 0.409. The zero-order valence-electron chi connectivity index (χ0n) is 17.0. The molecule has 0 aromatic heterocycles. The molecule has 1 aliphatic carbocycles. The van der Waals surface area contributed by atoms with Crippen molar-refractivity contribution in [1.29, 1.82) is 0 Å². The zero-order chi connectivity index (χ0) is 23.1. The van der Waals surface area contributed by atoms with Crippen molar-refractivity contribution >= 4 is 15.8 Å². The molecule has 2 aliphatic rings. The van der Waals surface area contributed by atoms with Gasteiger partial charge in [0, 0.05) is 19.1 Å². The average Bonchev–Trinajstić information content (AvgIpc) is 3.59. The van der Waals surface area contributed by atoms with E-state index in [1.54, 1.807) is 0 Å². The summed E-state index contributed by atoms with van der Waals surface area (Å²) in [5.74, 6) is -0.974. The number of hydrogen-bond acceptors (Lipinski definition) is 5. The number of aliphatic carboxylic acids is 1. The van der Waals surface area contributed by atoms with Gasteiger partial charge < -0.3 is 14.7 Å². The number of ether oxygens (including phenoxy) is 1. The Bertz CT molecular complexity index is 1090. The Hall–Kier alpha value is -2.59. The second kappa shape index (κ2) is 8.08. The van der Waals surface area contributed by atoms with Crippen LogP contribution in [0.2, 0.25) is 0 Å². The van der Waals surface area contributed by atoms with Crippen LogP contribution in [0.5, 0.6) is 11.5 Å². The van der Waals surface area contributed by atoms with Crippen molar-refractivity contribution in [1.82, 2.24) is 4.90 Å². The molecule has 0 amide bonds. The van der Waals surface area contributed by atoms with Crippen molar-refractivity contribution in [3.8, 4) is 11.5 Å². The van der Waals surface area contributed by atoms with E-state index in [9.17, 15) is 31.5 Å². The van der Waals surface area contributed by atoms with E-state index in [-0.39, 0.29) is 29.2 Å². The van der Waals surface area contributed by atoms with Gasteiger partial charge in [-0.1, -0.05) is 0 Å². The van der Waals surface area contributed by atoms with Gasteiger partial charge in [0.2, 0.25) is 0 Å². The summed E-state index contributed by atoms with van der Waals surface area (Å²) >= 11 is 0. The molecule has 6 nitrogen and oxygen atoms in total. The number of piperidine rings is 1. The molecule has 2 aromatic rings. The van der Waals surface area contributed by atoms with E-state index < -0.39 is 32.3 Å². The number of carboxylic acids is 1. The largest absolute Gasteiger partial charge is 0.480 e. The van der Waals surface area contributed by atoms with Gasteiger partial charge in [-0.15, -0.1) is 0 Å². The van der Waals surface area contributed by atoms with Crippen LogP contribution in [-0.4, -0.2) is 48.3 Å². The molecule has 10 heteroatoms. The highest BCUT2D eigenvalue weighted by Crippen LogP contribution is 2.40. The molecule has 0 spiro atoms. The predicted molar refractivity (Wildman–Crippen MR) is 109 cm³/mol. The summed E-state index contributed by atoms with van der Waals surface area (Å²) in [7, 11) is -4.17. The molecule has 0 unspecified atom stereocenters. The zero-order valence-corrected chi connectivity index (χ0v) is 17.8. The summed E-state index contributed by atoms with van der Waals surface area (Å²) in [5, 5.41) is 9.85. The first kappa shape index (κ1) is 22.6. The SMILES string of the molecule is O=C(O)C1(S(=O)(=O)c2ccc(Oc3ccc(C(F)(F)F)cc3)cc2)CCN(C2CC2)CC1. The van der Waals surface area contributed by atoms with E-state index in [1.807, 2.05) is 0 Å². The van der Waals surface area contributed by atoms with E-state index >= 15 is 0 Å². The number of alkyl halides is 3. The molecule has 1 saturated carbocycles. The third-order valence-electron chi connectivity index (χ3n) is 6.12. The summed E-state index contributed by atoms with van der Waals surface area (Å²) in [5.41, 5.74) is -0.807. The van der Waals surface area contributed by atoms with Crippen molar-refractivity contribution in [3.63, 3.8) is 0 Å². The van der Waals surface area contributed by atoms with Crippen molar-refractivity contribution < 1.29 is 36.2 Å². The van der Waals surface area contributed by atoms with Crippen molar-refractivity contribution in [2.24, 2.45) is 0 Å². The first-order valence-electron chi connectivity index (χ1n) is 10.2.